The van der Waals surface area contributed by atoms with E-state index in [0.717, 1.165) is 5.69 Å². The van der Waals surface area contributed by atoms with Crippen molar-refractivity contribution in [3.63, 3.8) is 0 Å². The summed E-state index contributed by atoms with van der Waals surface area (Å²) in [4.78, 5) is 26.9. The minimum atomic E-state index is -0.467. The van der Waals surface area contributed by atoms with Crippen molar-refractivity contribution in [1.29, 1.82) is 0 Å². The number of carbonyl (C=O) groups excluding carboxylic acids is 1. The van der Waals surface area contributed by atoms with Crippen molar-refractivity contribution < 1.29 is 9.72 Å². The zero-order chi connectivity index (χ0) is 19.5. The average molecular weight is 413 g/mol. The van der Waals surface area contributed by atoms with Crippen LogP contribution in [0.3, 0.4) is 0 Å². The van der Waals surface area contributed by atoms with Crippen molar-refractivity contribution in [3.05, 3.63) is 58.6 Å². The molecule has 0 aliphatic rings. The van der Waals surface area contributed by atoms with E-state index in [1.165, 1.54) is 35.2 Å². The number of amides is 1. The number of carbonyl (C=O) groups is 1. The second-order valence-corrected chi connectivity index (χ2v) is 7.45. The second-order valence-electron chi connectivity index (χ2n) is 5.47. The van der Waals surface area contributed by atoms with Crippen LogP contribution in [0.25, 0.3) is 15.9 Å². The largest absolute Gasteiger partial charge is 0.301 e. The third-order valence-electron chi connectivity index (χ3n) is 3.60. The Labute approximate surface area is 165 Å². The SMILES string of the molecule is O=C(CSc1nnnn1-c1ccccc1)Nc1nc2ccc([N+](=O)[O-])cc2s1. The fourth-order valence-corrected chi connectivity index (χ4v) is 3.97. The minimum Gasteiger partial charge on any atom is -0.301 e. The number of fused-ring (bicyclic) bond motifs is 1. The molecule has 2 heterocycles. The van der Waals surface area contributed by atoms with Gasteiger partial charge in [-0.2, -0.15) is 4.68 Å². The van der Waals surface area contributed by atoms with E-state index in [2.05, 4.69) is 25.8 Å². The molecule has 0 saturated carbocycles. The van der Waals surface area contributed by atoms with Gasteiger partial charge in [-0.25, -0.2) is 4.98 Å². The monoisotopic (exact) mass is 413 g/mol. The van der Waals surface area contributed by atoms with Gasteiger partial charge in [-0.1, -0.05) is 41.3 Å². The molecule has 0 bridgehead atoms. The van der Waals surface area contributed by atoms with Gasteiger partial charge >= 0.3 is 0 Å². The number of tetrazole rings is 1. The molecule has 1 amide bonds. The Bertz CT molecular complexity index is 1160. The van der Waals surface area contributed by atoms with Crippen LogP contribution in [0.5, 0.6) is 0 Å². The standard InChI is InChI=1S/C16H11N7O3S2/c24-14(9-27-16-19-20-21-22(16)10-4-2-1-3-5-10)18-15-17-12-7-6-11(23(25)26)8-13(12)28-15/h1-8H,9H2,(H,17,18,24). The van der Waals surface area contributed by atoms with Crippen LogP contribution in [-0.4, -0.2) is 41.8 Å². The molecule has 2 aromatic carbocycles. The molecule has 12 heteroatoms. The fourth-order valence-electron chi connectivity index (χ4n) is 2.37. The number of nitrogens with zero attached hydrogens (tertiary/aromatic N) is 6. The summed E-state index contributed by atoms with van der Waals surface area (Å²) < 4.78 is 2.18. The highest BCUT2D eigenvalue weighted by atomic mass is 32.2. The summed E-state index contributed by atoms with van der Waals surface area (Å²) in [7, 11) is 0. The summed E-state index contributed by atoms with van der Waals surface area (Å²) in [6.07, 6.45) is 0. The first-order valence-electron chi connectivity index (χ1n) is 7.91. The van der Waals surface area contributed by atoms with Gasteiger partial charge in [0.2, 0.25) is 11.1 Å². The van der Waals surface area contributed by atoms with Crippen molar-refractivity contribution in [2.24, 2.45) is 0 Å². The highest BCUT2D eigenvalue weighted by molar-refractivity contribution is 7.99. The van der Waals surface area contributed by atoms with Crippen LogP contribution < -0.4 is 5.32 Å². The maximum Gasteiger partial charge on any atom is 0.270 e. The van der Waals surface area contributed by atoms with Crippen molar-refractivity contribution in [2.45, 2.75) is 5.16 Å². The number of thiazole rings is 1. The number of nitro groups is 1. The van der Waals surface area contributed by atoms with Crippen molar-refractivity contribution in [3.8, 4) is 5.69 Å². The van der Waals surface area contributed by atoms with E-state index >= 15 is 0 Å². The number of nitrogens with one attached hydrogen (secondary N) is 1. The molecule has 0 spiro atoms. The molecular weight excluding hydrogens is 402 g/mol. The Balaban J connectivity index is 1.42. The summed E-state index contributed by atoms with van der Waals surface area (Å²) in [5.74, 6) is -0.190. The lowest BCUT2D eigenvalue weighted by molar-refractivity contribution is -0.384. The third kappa shape index (κ3) is 3.82. The number of non-ortho nitro benzene ring substituents is 1. The predicted octanol–water partition coefficient (Wildman–Crippen LogP) is 2.91. The Hall–Kier alpha value is -3.38. The zero-order valence-electron chi connectivity index (χ0n) is 14.1. The first-order chi connectivity index (χ1) is 13.6. The molecule has 1 N–H and O–H groups in total. The summed E-state index contributed by atoms with van der Waals surface area (Å²) in [6.45, 7) is 0. The lowest BCUT2D eigenvalue weighted by atomic mass is 10.3. The Morgan fingerprint density at radius 2 is 2.07 bits per heavy atom. The molecule has 4 rings (SSSR count). The highest BCUT2D eigenvalue weighted by Gasteiger charge is 2.14. The maximum absolute atomic E-state index is 12.3. The lowest BCUT2D eigenvalue weighted by Crippen LogP contribution is -2.14. The summed E-state index contributed by atoms with van der Waals surface area (Å²) in [5, 5.41) is 26.0. The quantitative estimate of drug-likeness (QED) is 0.290. The molecular formula is C16H11N7O3S2. The summed E-state index contributed by atoms with van der Waals surface area (Å²) in [6, 6.07) is 13.7. The van der Waals surface area contributed by atoms with Gasteiger partial charge in [-0.3, -0.25) is 14.9 Å². The first-order valence-corrected chi connectivity index (χ1v) is 9.72. The maximum atomic E-state index is 12.3. The van der Waals surface area contributed by atoms with Crippen molar-refractivity contribution in [1.82, 2.24) is 25.2 Å². The summed E-state index contributed by atoms with van der Waals surface area (Å²) >= 11 is 2.37. The van der Waals surface area contributed by atoms with E-state index in [9.17, 15) is 14.9 Å². The van der Waals surface area contributed by atoms with Gasteiger partial charge in [-0.05, 0) is 28.6 Å². The molecule has 0 aliphatic heterocycles. The molecule has 0 fully saturated rings. The number of hydrogen-bond donors (Lipinski definition) is 1. The van der Waals surface area contributed by atoms with Crippen molar-refractivity contribution in [2.75, 3.05) is 11.1 Å². The van der Waals surface area contributed by atoms with Crippen LogP contribution >= 0.6 is 23.1 Å². The lowest BCUT2D eigenvalue weighted by Gasteiger charge is -2.03. The van der Waals surface area contributed by atoms with Crippen molar-refractivity contribution >= 4 is 50.0 Å². The number of rotatable bonds is 6. The van der Waals surface area contributed by atoms with Gasteiger partial charge in [0.1, 0.15) is 0 Å². The van der Waals surface area contributed by atoms with Gasteiger partial charge in [0.05, 0.1) is 26.6 Å². The summed E-state index contributed by atoms with van der Waals surface area (Å²) in [5.41, 5.74) is 1.37. The van der Waals surface area contributed by atoms with E-state index < -0.39 is 4.92 Å². The van der Waals surface area contributed by atoms with Gasteiger partial charge in [0.25, 0.3) is 5.69 Å². The Morgan fingerprint density at radius 1 is 1.25 bits per heavy atom. The van der Waals surface area contributed by atoms with E-state index in [0.29, 0.717) is 20.5 Å². The number of nitro benzene ring substituents is 1. The molecule has 2 aromatic heterocycles. The number of hydrogen-bond acceptors (Lipinski definition) is 9. The topological polar surface area (TPSA) is 129 Å². The Kier molecular flexibility index (Phi) is 4.95. The van der Waals surface area contributed by atoms with E-state index in [1.807, 2.05) is 30.3 Å². The van der Waals surface area contributed by atoms with Crippen LogP contribution in [0.4, 0.5) is 10.8 Å². The number of benzene rings is 2. The zero-order valence-corrected chi connectivity index (χ0v) is 15.7. The molecule has 0 atom stereocenters. The molecule has 28 heavy (non-hydrogen) atoms. The molecule has 0 saturated heterocycles. The first kappa shape index (κ1) is 18.0. The van der Waals surface area contributed by atoms with E-state index in [1.54, 1.807) is 10.7 Å². The molecule has 10 nitrogen and oxygen atoms in total. The molecule has 4 aromatic rings. The number of para-hydroxylation sites is 1. The molecule has 0 radical (unpaired) electrons. The third-order valence-corrected chi connectivity index (χ3v) is 5.46. The van der Waals surface area contributed by atoms with E-state index in [4.69, 9.17) is 0 Å². The van der Waals surface area contributed by atoms with Gasteiger partial charge in [0.15, 0.2) is 5.13 Å². The Morgan fingerprint density at radius 3 is 2.86 bits per heavy atom. The van der Waals surface area contributed by atoms with Crippen LogP contribution in [0, 0.1) is 10.1 Å². The highest BCUT2D eigenvalue weighted by Crippen LogP contribution is 2.29. The molecule has 140 valence electrons. The second kappa shape index (κ2) is 7.70. The normalized spacial score (nSPS) is 10.9. The van der Waals surface area contributed by atoms with Gasteiger partial charge in [-0.15, -0.1) is 5.10 Å². The fraction of sp³-hybridized carbons (Fsp3) is 0.0625. The number of aromatic nitrogens is 5. The molecule has 0 aliphatic carbocycles. The minimum absolute atomic E-state index is 0.0164. The van der Waals surface area contributed by atoms with Crippen LogP contribution in [-0.2, 0) is 4.79 Å². The average Bonchev–Trinajstić information content (AvgIpc) is 3.32. The van der Waals surface area contributed by atoms with Crippen LogP contribution in [0.15, 0.2) is 53.7 Å². The van der Waals surface area contributed by atoms with Gasteiger partial charge < -0.3 is 5.32 Å². The smallest absolute Gasteiger partial charge is 0.270 e. The number of anilines is 1. The molecule has 0 unspecified atom stereocenters. The van der Waals surface area contributed by atoms with Crippen LogP contribution in [0.2, 0.25) is 0 Å². The van der Waals surface area contributed by atoms with Crippen LogP contribution in [0.1, 0.15) is 0 Å². The van der Waals surface area contributed by atoms with E-state index in [-0.39, 0.29) is 17.3 Å². The predicted molar refractivity (Wildman–Crippen MR) is 105 cm³/mol. The number of thioether (sulfide) groups is 1. The van der Waals surface area contributed by atoms with Gasteiger partial charge in [0, 0.05) is 12.1 Å².